The third-order valence-electron chi connectivity index (χ3n) is 6.33. The average Bonchev–Trinajstić information content (AvgIpc) is 3.22. The first-order valence-corrected chi connectivity index (χ1v) is 11.8. The summed E-state index contributed by atoms with van der Waals surface area (Å²) in [7, 11) is 0. The highest BCUT2D eigenvalue weighted by molar-refractivity contribution is 6.01. The maximum absolute atomic E-state index is 13.6. The summed E-state index contributed by atoms with van der Waals surface area (Å²) in [4.78, 5) is 29.9. The summed E-state index contributed by atoms with van der Waals surface area (Å²) in [6.45, 7) is 5.05. The normalized spacial score (nSPS) is 17.2. The van der Waals surface area contributed by atoms with E-state index in [1.165, 1.54) is 12.1 Å². The number of amides is 3. The van der Waals surface area contributed by atoms with Gasteiger partial charge in [0.15, 0.2) is 0 Å². The number of rotatable bonds is 8. The molecule has 0 bridgehead atoms. The Hall–Kier alpha value is -4.39. The van der Waals surface area contributed by atoms with Crippen LogP contribution in [0.5, 0.6) is 5.75 Å². The van der Waals surface area contributed by atoms with Crippen molar-refractivity contribution in [3.63, 3.8) is 0 Å². The maximum atomic E-state index is 13.6. The number of hydrogen-bond donors (Lipinski definition) is 1. The van der Waals surface area contributed by atoms with Gasteiger partial charge in [0.2, 0.25) is 0 Å². The lowest BCUT2D eigenvalue weighted by Gasteiger charge is -2.33. The van der Waals surface area contributed by atoms with Gasteiger partial charge in [0, 0.05) is 13.1 Å². The molecule has 3 aromatic carbocycles. The highest BCUT2D eigenvalue weighted by atomic mass is 19.1. The van der Waals surface area contributed by atoms with Crippen LogP contribution in [0.15, 0.2) is 103 Å². The van der Waals surface area contributed by atoms with Gasteiger partial charge in [0.25, 0.3) is 5.91 Å². The van der Waals surface area contributed by atoms with Gasteiger partial charge in [-0.2, -0.15) is 0 Å². The Labute approximate surface area is 209 Å². The molecule has 0 aliphatic carbocycles. The SMILES string of the molecule is C=CCN1C(=O)N[C@H](c2cccc(OCc3ccccc3)c2)C2=C1CN(Cc1ccc(F)cc1)C2=O. The molecule has 2 heterocycles. The lowest BCUT2D eigenvalue weighted by atomic mass is 9.95. The molecule has 0 saturated carbocycles. The molecule has 6 nitrogen and oxygen atoms in total. The molecule has 2 aliphatic heterocycles. The number of nitrogens with zero attached hydrogens (tertiary/aromatic N) is 2. The minimum Gasteiger partial charge on any atom is -0.489 e. The molecular weight excluding hydrogens is 457 g/mol. The molecule has 1 atom stereocenters. The Bertz CT molecular complexity index is 1320. The lowest BCUT2D eigenvalue weighted by Crippen LogP contribution is -2.47. The summed E-state index contributed by atoms with van der Waals surface area (Å²) >= 11 is 0. The van der Waals surface area contributed by atoms with Gasteiger partial charge in [-0.25, -0.2) is 9.18 Å². The van der Waals surface area contributed by atoms with Crippen molar-refractivity contribution in [2.45, 2.75) is 19.2 Å². The largest absolute Gasteiger partial charge is 0.489 e. The summed E-state index contributed by atoms with van der Waals surface area (Å²) in [6.07, 6.45) is 1.63. The highest BCUT2D eigenvalue weighted by Gasteiger charge is 2.43. The zero-order valence-corrected chi connectivity index (χ0v) is 19.7. The van der Waals surface area contributed by atoms with Gasteiger partial charge in [0.05, 0.1) is 23.9 Å². The van der Waals surface area contributed by atoms with Crippen LogP contribution in [0.1, 0.15) is 22.7 Å². The van der Waals surface area contributed by atoms with Gasteiger partial charge in [-0.1, -0.05) is 60.7 Å². The van der Waals surface area contributed by atoms with E-state index in [0.29, 0.717) is 30.2 Å². The van der Waals surface area contributed by atoms with E-state index in [1.54, 1.807) is 28.0 Å². The zero-order valence-electron chi connectivity index (χ0n) is 19.7. The molecule has 182 valence electrons. The van der Waals surface area contributed by atoms with Gasteiger partial charge < -0.3 is 15.0 Å². The standard InChI is InChI=1S/C29H26FN3O3/c1-2-15-33-25-18-32(17-20-11-13-23(30)14-12-20)28(34)26(25)27(31-29(33)35)22-9-6-10-24(16-22)36-19-21-7-4-3-5-8-21/h2-14,16,27H,1,15,17-19H2,(H,31,35)/t27-/m1/s1. The number of hydrogen-bond acceptors (Lipinski definition) is 3. The fourth-order valence-electron chi connectivity index (χ4n) is 4.58. The van der Waals surface area contributed by atoms with Crippen LogP contribution < -0.4 is 10.1 Å². The Morgan fingerprint density at radius 2 is 1.78 bits per heavy atom. The van der Waals surface area contributed by atoms with Crippen molar-refractivity contribution in [3.05, 3.63) is 125 Å². The number of ether oxygens (including phenoxy) is 1. The van der Waals surface area contributed by atoms with Crippen LogP contribution in [-0.2, 0) is 17.9 Å². The zero-order chi connectivity index (χ0) is 25.1. The minimum atomic E-state index is -0.612. The van der Waals surface area contributed by atoms with Crippen molar-refractivity contribution in [2.24, 2.45) is 0 Å². The molecule has 0 spiro atoms. The third-order valence-corrected chi connectivity index (χ3v) is 6.33. The smallest absolute Gasteiger partial charge is 0.322 e. The van der Waals surface area contributed by atoms with Crippen LogP contribution >= 0.6 is 0 Å². The number of urea groups is 1. The molecule has 36 heavy (non-hydrogen) atoms. The minimum absolute atomic E-state index is 0.163. The van der Waals surface area contributed by atoms with E-state index in [-0.39, 0.29) is 30.8 Å². The number of benzene rings is 3. The van der Waals surface area contributed by atoms with E-state index in [9.17, 15) is 14.0 Å². The molecule has 0 saturated heterocycles. The quantitative estimate of drug-likeness (QED) is 0.461. The Kier molecular flexibility index (Phi) is 6.54. The fourth-order valence-corrected chi connectivity index (χ4v) is 4.58. The van der Waals surface area contributed by atoms with Crippen LogP contribution in [0, 0.1) is 5.82 Å². The molecule has 3 amide bonds. The monoisotopic (exact) mass is 483 g/mol. The summed E-state index contributed by atoms with van der Waals surface area (Å²) in [5.41, 5.74) is 3.80. The van der Waals surface area contributed by atoms with E-state index in [1.807, 2.05) is 54.6 Å². The molecule has 0 fully saturated rings. The molecule has 3 aromatic rings. The van der Waals surface area contributed by atoms with Crippen molar-refractivity contribution in [3.8, 4) is 5.75 Å². The van der Waals surface area contributed by atoms with Crippen molar-refractivity contribution in [2.75, 3.05) is 13.1 Å². The second kappa shape index (κ2) is 10.1. The summed E-state index contributed by atoms with van der Waals surface area (Å²) in [5.74, 6) is 0.157. The molecule has 0 radical (unpaired) electrons. The van der Waals surface area contributed by atoms with Gasteiger partial charge in [0.1, 0.15) is 18.2 Å². The highest BCUT2D eigenvalue weighted by Crippen LogP contribution is 2.37. The first kappa shape index (κ1) is 23.4. The maximum Gasteiger partial charge on any atom is 0.322 e. The van der Waals surface area contributed by atoms with E-state index in [2.05, 4.69) is 11.9 Å². The predicted octanol–water partition coefficient (Wildman–Crippen LogP) is 4.95. The van der Waals surface area contributed by atoms with E-state index >= 15 is 0 Å². The topological polar surface area (TPSA) is 61.9 Å². The summed E-state index contributed by atoms with van der Waals surface area (Å²) in [6, 6.07) is 22.5. The Balaban J connectivity index is 1.42. The van der Waals surface area contributed by atoms with Gasteiger partial charge >= 0.3 is 6.03 Å². The molecule has 5 rings (SSSR count). The van der Waals surface area contributed by atoms with Crippen LogP contribution in [0.25, 0.3) is 0 Å². The van der Waals surface area contributed by atoms with Crippen molar-refractivity contribution in [1.82, 2.24) is 15.1 Å². The van der Waals surface area contributed by atoms with Crippen molar-refractivity contribution >= 4 is 11.9 Å². The van der Waals surface area contributed by atoms with Crippen LogP contribution in [0.2, 0.25) is 0 Å². The second-order valence-corrected chi connectivity index (χ2v) is 8.78. The number of carbonyl (C=O) groups excluding carboxylic acids is 2. The summed E-state index contributed by atoms with van der Waals surface area (Å²) in [5, 5.41) is 2.99. The van der Waals surface area contributed by atoms with Gasteiger partial charge in [-0.15, -0.1) is 6.58 Å². The first-order valence-electron chi connectivity index (χ1n) is 11.8. The molecule has 7 heteroatoms. The third kappa shape index (κ3) is 4.73. The molecule has 2 aliphatic rings. The molecule has 0 unspecified atom stereocenters. The molecule has 1 N–H and O–H groups in total. The second-order valence-electron chi connectivity index (χ2n) is 8.78. The lowest BCUT2D eigenvalue weighted by molar-refractivity contribution is -0.126. The Morgan fingerprint density at radius 3 is 2.53 bits per heavy atom. The fraction of sp³-hybridized carbons (Fsp3) is 0.172. The Morgan fingerprint density at radius 1 is 1.00 bits per heavy atom. The van der Waals surface area contributed by atoms with E-state index < -0.39 is 6.04 Å². The van der Waals surface area contributed by atoms with E-state index in [4.69, 9.17) is 4.74 Å². The van der Waals surface area contributed by atoms with Crippen LogP contribution in [0.4, 0.5) is 9.18 Å². The average molecular weight is 484 g/mol. The van der Waals surface area contributed by atoms with Gasteiger partial charge in [-0.3, -0.25) is 9.69 Å². The van der Waals surface area contributed by atoms with Crippen molar-refractivity contribution < 1.29 is 18.7 Å². The molecule has 0 aromatic heterocycles. The van der Waals surface area contributed by atoms with Crippen LogP contribution in [-0.4, -0.2) is 34.8 Å². The van der Waals surface area contributed by atoms with Crippen LogP contribution in [0.3, 0.4) is 0 Å². The number of nitrogens with one attached hydrogen (secondary N) is 1. The number of halogens is 1. The van der Waals surface area contributed by atoms with Crippen molar-refractivity contribution in [1.29, 1.82) is 0 Å². The predicted molar refractivity (Wildman–Crippen MR) is 134 cm³/mol. The van der Waals surface area contributed by atoms with E-state index in [0.717, 1.165) is 16.7 Å². The van der Waals surface area contributed by atoms with Gasteiger partial charge in [-0.05, 0) is 41.0 Å². The summed E-state index contributed by atoms with van der Waals surface area (Å²) < 4.78 is 19.3. The number of carbonyl (C=O) groups is 2. The molecular formula is C29H26FN3O3. The first-order chi connectivity index (χ1) is 17.5.